The number of aryl methyl sites for hydroxylation is 1. The van der Waals surface area contributed by atoms with E-state index in [2.05, 4.69) is 30.6 Å². The fourth-order valence-electron chi connectivity index (χ4n) is 3.48. The van der Waals surface area contributed by atoms with Crippen molar-refractivity contribution in [3.8, 4) is 11.4 Å². The molecule has 0 saturated heterocycles. The summed E-state index contributed by atoms with van der Waals surface area (Å²) in [7, 11) is 0. The lowest BCUT2D eigenvalue weighted by molar-refractivity contribution is 0.206. The van der Waals surface area contributed by atoms with Gasteiger partial charge in [-0.3, -0.25) is 5.10 Å². The highest BCUT2D eigenvalue weighted by atomic mass is 16.5. The van der Waals surface area contributed by atoms with Crippen molar-refractivity contribution in [2.24, 2.45) is 0 Å². The Kier molecular flexibility index (Phi) is 3.78. The molecule has 0 saturated carbocycles. The maximum atomic E-state index is 12.8. The molecule has 0 aliphatic carbocycles. The third-order valence-electron chi connectivity index (χ3n) is 4.86. The minimum absolute atomic E-state index is 0.153. The summed E-state index contributed by atoms with van der Waals surface area (Å²) in [5.74, 6) is 0.993. The van der Waals surface area contributed by atoms with Gasteiger partial charge in [0.15, 0.2) is 5.65 Å². The number of carbonyl (C=O) groups is 1. The van der Waals surface area contributed by atoms with Crippen molar-refractivity contribution in [3.63, 3.8) is 0 Å². The quantitative estimate of drug-likeness (QED) is 0.557. The monoisotopic (exact) mass is 375 g/mol. The summed E-state index contributed by atoms with van der Waals surface area (Å²) in [5.41, 5.74) is 4.50. The van der Waals surface area contributed by atoms with Crippen LogP contribution in [0.15, 0.2) is 41.2 Å². The molecule has 0 fully saturated rings. The lowest BCUT2D eigenvalue weighted by Crippen LogP contribution is -2.39. The van der Waals surface area contributed by atoms with Crippen LogP contribution in [0.5, 0.6) is 0 Å². The third kappa shape index (κ3) is 2.86. The molecule has 0 bridgehead atoms. The summed E-state index contributed by atoms with van der Waals surface area (Å²) in [6, 6.07) is 7.24. The number of hydrogen-bond donors (Lipinski definition) is 2. The molecule has 0 radical (unpaired) electrons. The molecular weight excluding hydrogens is 358 g/mol. The van der Waals surface area contributed by atoms with Gasteiger partial charge in [-0.2, -0.15) is 10.1 Å². The Morgan fingerprint density at radius 2 is 2.25 bits per heavy atom. The second kappa shape index (κ2) is 6.45. The molecule has 1 aromatic carbocycles. The zero-order valence-electron chi connectivity index (χ0n) is 15.1. The number of pyridine rings is 1. The van der Waals surface area contributed by atoms with E-state index in [-0.39, 0.29) is 6.03 Å². The minimum Gasteiger partial charge on any atom is -0.339 e. The van der Waals surface area contributed by atoms with Crippen molar-refractivity contribution in [3.05, 3.63) is 53.7 Å². The fourth-order valence-corrected chi connectivity index (χ4v) is 3.48. The van der Waals surface area contributed by atoms with Gasteiger partial charge in [-0.15, -0.1) is 0 Å². The average Bonchev–Trinajstić information content (AvgIpc) is 3.36. The number of nitrogens with zero attached hydrogens (tertiary/aromatic N) is 5. The summed E-state index contributed by atoms with van der Waals surface area (Å²) in [6.45, 7) is 2.88. The number of aromatic nitrogens is 5. The van der Waals surface area contributed by atoms with Gasteiger partial charge >= 0.3 is 6.03 Å². The molecule has 3 aromatic heterocycles. The molecule has 2 amide bonds. The SMILES string of the molecule is Cc1nc(-c2cccc(NC(=O)N3CCc4c(cnc5[nH]ncc45)C3)c2)no1. The Bertz CT molecular complexity index is 1180. The van der Waals surface area contributed by atoms with Crippen molar-refractivity contribution >= 4 is 22.8 Å². The standard InChI is InChI=1S/C19H17N7O2/c1-11-22-17(25-28-11)12-3-2-4-14(7-12)23-19(27)26-6-5-15-13(10-26)8-20-18-16(15)9-21-24-18/h2-4,7-9H,5-6,10H2,1H3,(H,23,27)(H,20,21,24). The minimum atomic E-state index is -0.153. The van der Waals surface area contributed by atoms with Crippen LogP contribution in [0.2, 0.25) is 0 Å². The first-order valence-corrected chi connectivity index (χ1v) is 8.94. The second-order valence-corrected chi connectivity index (χ2v) is 6.71. The Morgan fingerprint density at radius 3 is 3.11 bits per heavy atom. The first-order valence-electron chi connectivity index (χ1n) is 8.94. The largest absolute Gasteiger partial charge is 0.339 e. The van der Waals surface area contributed by atoms with Gasteiger partial charge in [-0.05, 0) is 29.7 Å². The Balaban J connectivity index is 1.34. The number of anilines is 1. The number of urea groups is 1. The van der Waals surface area contributed by atoms with E-state index in [9.17, 15) is 4.79 Å². The molecule has 4 heterocycles. The van der Waals surface area contributed by atoms with Crippen LogP contribution in [0.25, 0.3) is 22.4 Å². The van der Waals surface area contributed by atoms with E-state index in [1.807, 2.05) is 30.5 Å². The Hall–Kier alpha value is -3.75. The zero-order chi connectivity index (χ0) is 19.1. The van der Waals surface area contributed by atoms with E-state index in [4.69, 9.17) is 4.52 Å². The molecule has 5 rings (SSSR count). The van der Waals surface area contributed by atoms with Crippen molar-refractivity contribution in [1.29, 1.82) is 0 Å². The molecule has 9 nitrogen and oxygen atoms in total. The van der Waals surface area contributed by atoms with E-state index >= 15 is 0 Å². The molecule has 1 aliphatic heterocycles. The first-order chi connectivity index (χ1) is 13.7. The number of H-pyrrole nitrogens is 1. The number of carbonyl (C=O) groups excluding carboxylic acids is 1. The third-order valence-corrected chi connectivity index (χ3v) is 4.86. The normalized spacial score (nSPS) is 13.5. The van der Waals surface area contributed by atoms with Gasteiger partial charge in [0.1, 0.15) is 0 Å². The van der Waals surface area contributed by atoms with E-state index in [1.54, 1.807) is 18.0 Å². The highest BCUT2D eigenvalue weighted by molar-refractivity contribution is 5.90. The molecule has 140 valence electrons. The van der Waals surface area contributed by atoms with Crippen LogP contribution < -0.4 is 5.32 Å². The Labute approximate surface area is 159 Å². The summed E-state index contributed by atoms with van der Waals surface area (Å²) in [6.07, 6.45) is 4.38. The molecule has 9 heteroatoms. The molecule has 2 N–H and O–H groups in total. The molecule has 0 spiro atoms. The average molecular weight is 375 g/mol. The van der Waals surface area contributed by atoms with Crippen LogP contribution >= 0.6 is 0 Å². The van der Waals surface area contributed by atoms with Gasteiger partial charge in [0.05, 0.1) is 6.20 Å². The number of rotatable bonds is 2. The lowest BCUT2D eigenvalue weighted by Gasteiger charge is -2.29. The van der Waals surface area contributed by atoms with Crippen LogP contribution in [0, 0.1) is 6.92 Å². The summed E-state index contributed by atoms with van der Waals surface area (Å²) < 4.78 is 5.02. The van der Waals surface area contributed by atoms with Crippen molar-refractivity contribution in [2.45, 2.75) is 19.9 Å². The van der Waals surface area contributed by atoms with Gasteiger partial charge in [0.25, 0.3) is 0 Å². The maximum absolute atomic E-state index is 12.8. The summed E-state index contributed by atoms with van der Waals surface area (Å²) in [4.78, 5) is 23.1. The van der Waals surface area contributed by atoms with E-state index in [1.165, 1.54) is 5.56 Å². The number of nitrogens with one attached hydrogen (secondary N) is 2. The van der Waals surface area contributed by atoms with E-state index in [0.717, 1.165) is 28.6 Å². The number of hydrogen-bond acceptors (Lipinski definition) is 6. The van der Waals surface area contributed by atoms with Crippen LogP contribution in [0.1, 0.15) is 17.0 Å². The van der Waals surface area contributed by atoms with Crippen LogP contribution in [-0.4, -0.2) is 42.8 Å². The van der Waals surface area contributed by atoms with E-state index < -0.39 is 0 Å². The van der Waals surface area contributed by atoms with Crippen LogP contribution in [-0.2, 0) is 13.0 Å². The van der Waals surface area contributed by atoms with Crippen molar-refractivity contribution in [2.75, 3.05) is 11.9 Å². The summed E-state index contributed by atoms with van der Waals surface area (Å²) in [5, 5.41) is 14.8. The number of aromatic amines is 1. The first kappa shape index (κ1) is 16.4. The highest BCUT2D eigenvalue weighted by Crippen LogP contribution is 2.26. The predicted molar refractivity (Wildman–Crippen MR) is 101 cm³/mol. The molecule has 0 atom stereocenters. The second-order valence-electron chi connectivity index (χ2n) is 6.71. The molecule has 4 aromatic rings. The molecule has 0 unspecified atom stereocenters. The fraction of sp³-hybridized carbons (Fsp3) is 0.211. The predicted octanol–water partition coefficient (Wildman–Crippen LogP) is 2.91. The van der Waals surface area contributed by atoms with Crippen molar-refractivity contribution < 1.29 is 9.32 Å². The smallest absolute Gasteiger partial charge is 0.322 e. The number of amides is 2. The van der Waals surface area contributed by atoms with E-state index in [0.29, 0.717) is 30.5 Å². The molecule has 1 aliphatic rings. The van der Waals surface area contributed by atoms with Gasteiger partial charge in [-0.25, -0.2) is 9.78 Å². The van der Waals surface area contributed by atoms with Crippen LogP contribution in [0.4, 0.5) is 10.5 Å². The maximum Gasteiger partial charge on any atom is 0.322 e. The molecule has 28 heavy (non-hydrogen) atoms. The highest BCUT2D eigenvalue weighted by Gasteiger charge is 2.23. The Morgan fingerprint density at radius 1 is 1.32 bits per heavy atom. The molecular formula is C19H17N7O2. The van der Waals surface area contributed by atoms with Gasteiger partial charge in [0.2, 0.25) is 11.7 Å². The number of benzene rings is 1. The topological polar surface area (TPSA) is 113 Å². The number of fused-ring (bicyclic) bond motifs is 3. The van der Waals surface area contributed by atoms with Crippen molar-refractivity contribution in [1.82, 2.24) is 30.2 Å². The van der Waals surface area contributed by atoms with Gasteiger partial charge in [-0.1, -0.05) is 17.3 Å². The van der Waals surface area contributed by atoms with Gasteiger partial charge < -0.3 is 14.7 Å². The van der Waals surface area contributed by atoms with Gasteiger partial charge in [0, 0.05) is 42.8 Å². The lowest BCUT2D eigenvalue weighted by atomic mass is 9.99. The summed E-state index contributed by atoms with van der Waals surface area (Å²) >= 11 is 0. The van der Waals surface area contributed by atoms with Crippen LogP contribution in [0.3, 0.4) is 0 Å². The zero-order valence-corrected chi connectivity index (χ0v) is 15.1.